The lowest BCUT2D eigenvalue weighted by Crippen LogP contribution is -2.58. The van der Waals surface area contributed by atoms with Crippen molar-refractivity contribution in [1.29, 1.82) is 0 Å². The third-order valence-electron chi connectivity index (χ3n) is 6.35. The van der Waals surface area contributed by atoms with Gasteiger partial charge in [-0.3, -0.25) is 4.79 Å². The largest absolute Gasteiger partial charge is 0.367 e. The summed E-state index contributed by atoms with van der Waals surface area (Å²) in [5.41, 5.74) is -0.124. The average Bonchev–Trinajstić information content (AvgIpc) is 2.62. The molecule has 0 atom stereocenters. The number of hydrogen-bond acceptors (Lipinski definition) is 3. The van der Waals surface area contributed by atoms with Crippen LogP contribution >= 0.6 is 0 Å². The van der Waals surface area contributed by atoms with Crippen LogP contribution in [0.2, 0.25) is 0 Å². The third kappa shape index (κ3) is 10.3. The van der Waals surface area contributed by atoms with Gasteiger partial charge in [-0.15, -0.1) is 5.06 Å². The highest BCUT2D eigenvalue weighted by atomic mass is 16.7. The lowest BCUT2D eigenvalue weighted by atomic mass is 9.82. The minimum Gasteiger partial charge on any atom is -0.367 e. The van der Waals surface area contributed by atoms with E-state index in [4.69, 9.17) is 4.84 Å². The van der Waals surface area contributed by atoms with Crippen LogP contribution < -0.4 is 0 Å². The lowest BCUT2D eigenvalue weighted by Gasteiger charge is -2.50. The van der Waals surface area contributed by atoms with Crippen LogP contribution in [-0.2, 0) is 9.63 Å². The molecule has 3 heteroatoms. The van der Waals surface area contributed by atoms with Gasteiger partial charge in [0.05, 0.1) is 11.1 Å². The Morgan fingerprint density at radius 2 is 1.11 bits per heavy atom. The lowest BCUT2D eigenvalue weighted by molar-refractivity contribution is -0.265. The summed E-state index contributed by atoms with van der Waals surface area (Å²) < 4.78 is 0. The molecule has 1 saturated heterocycles. The van der Waals surface area contributed by atoms with Crippen molar-refractivity contribution in [3.8, 4) is 0 Å². The monoisotopic (exact) mass is 395 g/mol. The molecule has 0 unspecified atom stereocenters. The van der Waals surface area contributed by atoms with Crippen molar-refractivity contribution in [2.24, 2.45) is 0 Å². The van der Waals surface area contributed by atoms with Crippen LogP contribution in [0.1, 0.15) is 144 Å². The Hall–Kier alpha value is -0.570. The summed E-state index contributed by atoms with van der Waals surface area (Å²) in [5.74, 6) is -0.0499. The van der Waals surface area contributed by atoms with E-state index in [-0.39, 0.29) is 17.0 Å². The average molecular weight is 396 g/mol. The van der Waals surface area contributed by atoms with E-state index in [1.54, 1.807) is 0 Å². The van der Waals surface area contributed by atoms with Gasteiger partial charge >= 0.3 is 5.97 Å². The molecule has 1 rings (SSSR count). The summed E-state index contributed by atoms with van der Waals surface area (Å²) in [6, 6.07) is 0. The molecule has 1 fully saturated rings. The number of carbonyl (C=O) groups excluding carboxylic acids is 1. The molecule has 0 bridgehead atoms. The smallest absolute Gasteiger partial charge is 0.325 e. The standard InChI is InChI=1S/C25H49NO2/c1-6-7-8-9-10-11-12-13-14-15-16-17-18-20-23(27)28-26-24(2,3)21-19-22-25(26,4)5/h6-22H2,1-5H3. The second-order valence-electron chi connectivity index (χ2n) is 10.2. The van der Waals surface area contributed by atoms with Crippen LogP contribution in [0.25, 0.3) is 0 Å². The SMILES string of the molecule is CCCCCCCCCCCCCCCC(=O)ON1C(C)(C)CCCC1(C)C. The molecule has 0 radical (unpaired) electrons. The number of rotatable bonds is 15. The van der Waals surface area contributed by atoms with Gasteiger partial charge in [0.2, 0.25) is 0 Å². The van der Waals surface area contributed by atoms with Crippen molar-refractivity contribution in [2.45, 2.75) is 155 Å². The predicted molar refractivity (Wildman–Crippen MR) is 120 cm³/mol. The first kappa shape index (κ1) is 25.5. The molecule has 1 aliphatic rings. The normalized spacial score (nSPS) is 18.9. The van der Waals surface area contributed by atoms with Gasteiger partial charge in [0.1, 0.15) is 0 Å². The molecule has 0 aliphatic carbocycles. The summed E-state index contributed by atoms with van der Waals surface area (Å²) in [5, 5.41) is 1.98. The quantitative estimate of drug-likeness (QED) is 0.263. The number of carbonyl (C=O) groups is 1. The van der Waals surface area contributed by atoms with Crippen molar-refractivity contribution < 1.29 is 9.63 Å². The molecule has 0 aromatic rings. The molecule has 166 valence electrons. The zero-order chi connectivity index (χ0) is 20.9. The highest BCUT2D eigenvalue weighted by molar-refractivity contribution is 5.69. The topological polar surface area (TPSA) is 29.5 Å². The van der Waals surface area contributed by atoms with Crippen molar-refractivity contribution in [2.75, 3.05) is 0 Å². The number of hydroxylamine groups is 2. The molecule has 1 heterocycles. The van der Waals surface area contributed by atoms with Crippen molar-refractivity contribution in [3.63, 3.8) is 0 Å². The molecule has 0 spiro atoms. The van der Waals surface area contributed by atoms with E-state index in [9.17, 15) is 4.79 Å². The number of hydrogen-bond donors (Lipinski definition) is 0. The van der Waals surface area contributed by atoms with Crippen LogP contribution in [-0.4, -0.2) is 22.1 Å². The second kappa shape index (κ2) is 13.6. The fourth-order valence-electron chi connectivity index (χ4n) is 4.66. The van der Waals surface area contributed by atoms with E-state index in [1.165, 1.54) is 77.0 Å². The van der Waals surface area contributed by atoms with Gasteiger partial charge < -0.3 is 4.84 Å². The minimum atomic E-state index is -0.0621. The molecule has 0 N–H and O–H groups in total. The first-order chi connectivity index (χ1) is 13.3. The molecule has 0 amide bonds. The van der Waals surface area contributed by atoms with E-state index in [0.29, 0.717) is 6.42 Å². The molecule has 1 aliphatic heterocycles. The summed E-state index contributed by atoms with van der Waals surface area (Å²) >= 11 is 0. The van der Waals surface area contributed by atoms with Crippen LogP contribution in [0, 0.1) is 0 Å². The first-order valence-electron chi connectivity index (χ1n) is 12.3. The van der Waals surface area contributed by atoms with Crippen LogP contribution in [0.15, 0.2) is 0 Å². The Balaban J connectivity index is 2.01. The number of unbranched alkanes of at least 4 members (excludes halogenated alkanes) is 12. The fraction of sp³-hybridized carbons (Fsp3) is 0.960. The van der Waals surface area contributed by atoms with Gasteiger partial charge in [-0.2, -0.15) is 0 Å². The van der Waals surface area contributed by atoms with E-state index in [2.05, 4.69) is 34.6 Å². The molecule has 0 aromatic heterocycles. The van der Waals surface area contributed by atoms with Crippen molar-refractivity contribution >= 4 is 5.97 Å². The van der Waals surface area contributed by atoms with Crippen LogP contribution in [0.3, 0.4) is 0 Å². The fourth-order valence-corrected chi connectivity index (χ4v) is 4.66. The summed E-state index contributed by atoms with van der Waals surface area (Å²) in [6.07, 6.45) is 21.2. The number of nitrogens with zero attached hydrogens (tertiary/aromatic N) is 1. The first-order valence-corrected chi connectivity index (χ1v) is 12.3. The molecule has 3 nitrogen and oxygen atoms in total. The van der Waals surface area contributed by atoms with Crippen molar-refractivity contribution in [1.82, 2.24) is 5.06 Å². The van der Waals surface area contributed by atoms with Gasteiger partial charge in [-0.05, 0) is 53.4 Å². The molecule has 0 aromatic carbocycles. The maximum Gasteiger partial charge on any atom is 0.325 e. The van der Waals surface area contributed by atoms with E-state index in [0.717, 1.165) is 25.7 Å². The summed E-state index contributed by atoms with van der Waals surface area (Å²) in [7, 11) is 0. The predicted octanol–water partition coefficient (Wildman–Crippen LogP) is 7.97. The molecular formula is C25H49NO2. The minimum absolute atomic E-state index is 0.0499. The zero-order valence-electron chi connectivity index (χ0n) is 19.8. The van der Waals surface area contributed by atoms with E-state index < -0.39 is 0 Å². The van der Waals surface area contributed by atoms with E-state index in [1.807, 2.05) is 5.06 Å². The zero-order valence-corrected chi connectivity index (χ0v) is 19.8. The van der Waals surface area contributed by atoms with Gasteiger partial charge in [0.15, 0.2) is 0 Å². The van der Waals surface area contributed by atoms with E-state index >= 15 is 0 Å². The Morgan fingerprint density at radius 1 is 0.714 bits per heavy atom. The maximum atomic E-state index is 12.3. The van der Waals surface area contributed by atoms with Crippen LogP contribution in [0.4, 0.5) is 0 Å². The highest BCUT2D eigenvalue weighted by Crippen LogP contribution is 2.38. The Morgan fingerprint density at radius 3 is 1.54 bits per heavy atom. The highest BCUT2D eigenvalue weighted by Gasteiger charge is 2.44. The second-order valence-corrected chi connectivity index (χ2v) is 10.2. The van der Waals surface area contributed by atoms with Gasteiger partial charge in [0, 0.05) is 6.42 Å². The third-order valence-corrected chi connectivity index (χ3v) is 6.35. The van der Waals surface area contributed by atoms with Gasteiger partial charge in [-0.1, -0.05) is 84.0 Å². The van der Waals surface area contributed by atoms with Crippen molar-refractivity contribution in [3.05, 3.63) is 0 Å². The Bertz CT molecular complexity index is 401. The Kier molecular flexibility index (Phi) is 12.4. The van der Waals surface area contributed by atoms with Gasteiger partial charge in [-0.25, -0.2) is 0 Å². The number of piperidine rings is 1. The van der Waals surface area contributed by atoms with Gasteiger partial charge in [0.25, 0.3) is 0 Å². The maximum absolute atomic E-state index is 12.3. The molecular weight excluding hydrogens is 346 g/mol. The molecule has 0 saturated carbocycles. The molecule has 28 heavy (non-hydrogen) atoms. The summed E-state index contributed by atoms with van der Waals surface area (Å²) in [6.45, 7) is 11.0. The summed E-state index contributed by atoms with van der Waals surface area (Å²) in [4.78, 5) is 18.1. The van der Waals surface area contributed by atoms with Crippen LogP contribution in [0.5, 0.6) is 0 Å². The Labute approximate surface area is 175 Å².